The van der Waals surface area contributed by atoms with Gasteiger partial charge < -0.3 is 60.6 Å². The molecule has 3 aliphatic rings. The highest BCUT2D eigenvalue weighted by atomic mass is 79.9. The molecule has 12 aromatic rings. The summed E-state index contributed by atoms with van der Waals surface area (Å²) in [5.74, 6) is 1.50. The van der Waals surface area contributed by atoms with E-state index in [1.807, 2.05) is 135 Å². The van der Waals surface area contributed by atoms with Gasteiger partial charge in [0.2, 0.25) is 71.4 Å². The number of amides is 4. The van der Waals surface area contributed by atoms with E-state index < -0.39 is 53.0 Å². The van der Waals surface area contributed by atoms with E-state index in [0.717, 1.165) is 102 Å². The molecule has 3 aliphatic heterocycles. The summed E-state index contributed by atoms with van der Waals surface area (Å²) in [4.78, 5) is 187. The summed E-state index contributed by atoms with van der Waals surface area (Å²) in [6.45, 7) is 26.1. The number of imide groups is 1. The van der Waals surface area contributed by atoms with Gasteiger partial charge in [-0.25, -0.2) is 19.3 Å². The van der Waals surface area contributed by atoms with E-state index in [1.54, 1.807) is 28.3 Å². The first-order chi connectivity index (χ1) is 65.7. The van der Waals surface area contributed by atoms with Crippen LogP contribution in [0.25, 0.3) is 33.5 Å². The number of hydrogen-bond donors (Lipinski definition) is 10. The molecule has 8 aromatic heterocycles. The monoisotopic (exact) mass is 1950 g/mol. The second-order valence-corrected chi connectivity index (χ2v) is 32.2. The lowest BCUT2D eigenvalue weighted by Crippen LogP contribution is -2.36. The molecule has 0 saturated carbocycles. The van der Waals surface area contributed by atoms with Crippen molar-refractivity contribution in [3.05, 3.63) is 212 Å². The number of rotatable bonds is 31. The number of alkyl halides is 1. The van der Waals surface area contributed by atoms with Gasteiger partial charge in [-0.2, -0.15) is 34.9 Å². The number of fused-ring (bicyclic) bond motifs is 5. The zero-order valence-corrected chi connectivity index (χ0v) is 80.6. The summed E-state index contributed by atoms with van der Waals surface area (Å²) in [5, 5.41) is 6.57. The molecule has 4 aromatic carbocycles. The number of anilines is 8. The summed E-state index contributed by atoms with van der Waals surface area (Å²) in [5.41, 5.74) is 21.8. The van der Waals surface area contributed by atoms with Crippen molar-refractivity contribution in [2.24, 2.45) is 0 Å². The first-order valence-corrected chi connectivity index (χ1v) is 45.9. The number of methoxy groups -OCH3 is 2. The van der Waals surface area contributed by atoms with Crippen LogP contribution >= 0.6 is 15.9 Å². The number of nitrogens with one attached hydrogen (secondary N) is 7. The number of hydrogen-bond acceptors (Lipinski definition) is 31. The molecule has 732 valence electrons. The molecule has 1 fully saturated rings. The molecule has 11 heterocycles. The molecule has 0 bridgehead atoms. The number of aromatic amines is 5. The minimum absolute atomic E-state index is 0.00129. The molecular formula is C93H119BrN24O19. The lowest BCUT2D eigenvalue weighted by atomic mass is 10.1. The normalized spacial score (nSPS) is 13.6. The number of imidazole rings is 3. The largest absolute Gasteiger partial charge is 0.497 e. The van der Waals surface area contributed by atoms with Crippen LogP contribution in [-0.4, -0.2) is 158 Å². The average Bonchev–Trinajstić information content (AvgIpc) is 1.60. The van der Waals surface area contributed by atoms with Gasteiger partial charge in [-0.05, 0) is 85.0 Å². The van der Waals surface area contributed by atoms with Crippen molar-refractivity contribution in [3.63, 3.8) is 0 Å². The number of unbranched alkanes of at least 4 members (excludes halogenated alkanes) is 5. The highest BCUT2D eigenvalue weighted by Crippen LogP contribution is 2.37. The Morgan fingerprint density at radius 3 is 1.54 bits per heavy atom. The van der Waals surface area contributed by atoms with Crippen molar-refractivity contribution in [1.29, 1.82) is 0 Å². The molecule has 1 unspecified atom stereocenters. The second-order valence-electron chi connectivity index (χ2n) is 31.4. The van der Waals surface area contributed by atoms with Gasteiger partial charge in [-0.1, -0.05) is 181 Å². The summed E-state index contributed by atoms with van der Waals surface area (Å²) >= 11 is 3.31. The average molecular weight is 1960 g/mol. The summed E-state index contributed by atoms with van der Waals surface area (Å²) < 4.78 is 43.7. The van der Waals surface area contributed by atoms with Crippen molar-refractivity contribution in [3.8, 4) is 23.3 Å². The number of esters is 2. The number of carbonyl (C=O) groups is 6. The number of carbonyl (C=O) groups excluding carboxylic acids is 6. The molecule has 0 aliphatic carbocycles. The fourth-order valence-electron chi connectivity index (χ4n) is 14.2. The number of ether oxygens (including phenoxy) is 7. The highest BCUT2D eigenvalue weighted by Gasteiger charge is 2.40. The van der Waals surface area contributed by atoms with Crippen LogP contribution in [0.15, 0.2) is 150 Å². The maximum atomic E-state index is 13.4. The van der Waals surface area contributed by atoms with E-state index in [0.29, 0.717) is 111 Å². The van der Waals surface area contributed by atoms with E-state index in [1.165, 1.54) is 56.6 Å². The molecular weight excluding hydrogens is 1840 g/mol. The predicted molar refractivity (Wildman–Crippen MR) is 523 cm³/mol. The predicted octanol–water partition coefficient (Wildman–Crippen LogP) is 10.7. The Kier molecular flexibility index (Phi) is 39.6. The van der Waals surface area contributed by atoms with Crippen LogP contribution in [0.3, 0.4) is 0 Å². The Bertz CT molecular complexity index is 6490. The number of benzene rings is 4. The lowest BCUT2D eigenvalue weighted by Gasteiger charge is -2.17. The molecule has 13 N–H and O–H groups in total. The fourth-order valence-corrected chi connectivity index (χ4v) is 14.8. The van der Waals surface area contributed by atoms with Crippen molar-refractivity contribution < 1.29 is 61.9 Å². The molecule has 0 radical (unpaired) electrons. The van der Waals surface area contributed by atoms with E-state index >= 15 is 0 Å². The second kappa shape index (κ2) is 51.4. The Hall–Kier alpha value is -15.1. The molecule has 15 rings (SSSR count). The maximum absolute atomic E-state index is 13.4. The van der Waals surface area contributed by atoms with Gasteiger partial charge in [0.25, 0.3) is 16.7 Å². The molecule has 137 heavy (non-hydrogen) atoms. The van der Waals surface area contributed by atoms with E-state index in [9.17, 15) is 57.5 Å². The zero-order chi connectivity index (χ0) is 99.7. The minimum atomic E-state index is -0.753. The molecule has 1 saturated heterocycles. The van der Waals surface area contributed by atoms with Crippen molar-refractivity contribution >= 4 is 132 Å². The topological polar surface area (TPSA) is 570 Å². The first-order valence-electron chi connectivity index (χ1n) is 44.8. The standard InChI is InChI=1S/C24H27N5O3.C21H20N4O3.C13H17N5O4.C12H17N5O2.C10H16O5.C9H13N5O2.C4H9Br/c1-3-4-14-28-20-21(29(24(28)30)15-17-10-12-19(31-2)13-11-17)26-23(25)27-22(20)32-16-18-8-6-5-7-9-18;1-27-16-9-7-14(8-10-16)12-25-18(26)11-17-19(25)23-21(22)24-20(17)28-13-15-5-3-2-4-6-15;1-4-5-6-17-9-10(15-13(17)22)14-12(16-11(9)21)18(7(2)19)8(3)20;1-4-5-6-17-7(2)13-10-9(17)11(19)16-12(15-10)14-8(3)18;1-4-8-5-9(13-6(2)11)10(15-8)14-7(3)12;1-2-3-4-14-5-6(12-9(14)16)11-8(10)13-7(5)15;1-2-3-4-5/h5-13H,3-4,14-16H2,1-2H3,(H2,25,26,27);2-10H,11-13H2,1H3,(H2,22,23,24);4-6H2,1-3H3,(H2,14,15,16,21,22);2,4-6H2,1,3H3,(H3,13,14,15,16,18,19);8-10H,4-5H2,1-3H3;2-4H2,1H3,(H4,10,11,12,13,15,16);2-4H2,1H3/t;;;;8-,9-,10?;;/m....1../s1. The van der Waals surface area contributed by atoms with Gasteiger partial charge in [-0.15, -0.1) is 0 Å². The van der Waals surface area contributed by atoms with Crippen LogP contribution in [0.4, 0.5) is 47.1 Å². The number of halogens is 1. The SMILES string of the molecule is C=C1Nc2nc(NC(C)=O)[nH]c(=O)c2N1CCCC.CCCCBr.CCCCn1c(=O)[nH]c2nc(N(C(C)=O)C(C)=O)[nH]c(=O)c21.CCCCn1c(=O)[nH]c2nc(N)[nH]c(=O)c21.CCCCn1c(=O)n(Cc2ccc(OC)cc2)c2nc(N)nc(OCc3ccccc3)c21.CC[C@@H]1C[C@@H](OC(C)=O)C(OC(C)=O)O1.COc1ccc(CN2C(=O)Cc3c(OCc4ccccc4)nc(N)nc32)cc1. The van der Waals surface area contributed by atoms with Crippen molar-refractivity contribution in [1.82, 2.24) is 78.1 Å². The van der Waals surface area contributed by atoms with Crippen LogP contribution in [0.1, 0.15) is 181 Å². The lowest BCUT2D eigenvalue weighted by molar-refractivity contribution is -0.194. The summed E-state index contributed by atoms with van der Waals surface area (Å²) in [7, 11) is 3.24. The van der Waals surface area contributed by atoms with E-state index in [4.69, 9.17) is 50.4 Å². The first kappa shape index (κ1) is 106. The van der Waals surface area contributed by atoms with E-state index in [-0.39, 0.29) is 93.3 Å². The van der Waals surface area contributed by atoms with Gasteiger partial charge >= 0.3 is 29.0 Å². The number of H-pyrrole nitrogens is 5. The zero-order valence-electron chi connectivity index (χ0n) is 79.0. The van der Waals surface area contributed by atoms with Crippen LogP contribution in [-0.2, 0) is 95.3 Å². The summed E-state index contributed by atoms with van der Waals surface area (Å²) in [6.07, 6.45) is 10.1. The van der Waals surface area contributed by atoms with Crippen molar-refractivity contribution in [2.75, 3.05) is 68.6 Å². The number of nitrogens with zero attached hydrogens (tertiary/aromatic N) is 14. The third-order valence-electron chi connectivity index (χ3n) is 20.9. The molecule has 4 amide bonds. The number of nitrogens with two attached hydrogens (primary N) is 3. The molecule has 3 atom stereocenters. The number of aromatic nitrogens is 16. The Morgan fingerprint density at radius 2 is 1.04 bits per heavy atom. The van der Waals surface area contributed by atoms with Crippen LogP contribution in [0, 0.1) is 0 Å². The summed E-state index contributed by atoms with van der Waals surface area (Å²) in [6, 6.07) is 34.7. The smallest absolute Gasteiger partial charge is 0.330 e. The van der Waals surface area contributed by atoms with Gasteiger partial charge in [0.1, 0.15) is 36.4 Å². The van der Waals surface area contributed by atoms with Crippen molar-refractivity contribution in [2.45, 2.75) is 224 Å². The Balaban J connectivity index is 0.000000186. The van der Waals surface area contributed by atoms with Gasteiger partial charge in [-0.3, -0.25) is 96.6 Å². The molecule has 44 heteroatoms. The number of nitrogen functional groups attached to an aromatic ring is 3. The highest BCUT2D eigenvalue weighted by molar-refractivity contribution is 9.09. The minimum Gasteiger partial charge on any atom is -0.497 e. The third kappa shape index (κ3) is 29.0. The van der Waals surface area contributed by atoms with Gasteiger partial charge in [0.05, 0.1) is 45.4 Å². The Labute approximate surface area is 795 Å². The third-order valence-corrected chi connectivity index (χ3v) is 21.5. The maximum Gasteiger partial charge on any atom is 0.330 e. The van der Waals surface area contributed by atoms with Gasteiger partial charge in [0, 0.05) is 72.5 Å². The molecule has 43 nitrogen and oxygen atoms in total. The quantitative estimate of drug-likeness (QED) is 0.0142. The van der Waals surface area contributed by atoms with Crippen LogP contribution < -0.4 is 95.2 Å². The molecule has 0 spiro atoms. The Morgan fingerprint density at radius 1 is 0.533 bits per heavy atom. The van der Waals surface area contributed by atoms with E-state index in [2.05, 4.69) is 114 Å². The van der Waals surface area contributed by atoms with Crippen LogP contribution in [0.2, 0.25) is 0 Å². The van der Waals surface area contributed by atoms with Crippen LogP contribution in [0.5, 0.6) is 23.3 Å². The van der Waals surface area contributed by atoms with Gasteiger partial charge in [0.15, 0.2) is 51.1 Å². The number of aryl methyl sites for hydroxylation is 3. The fraction of sp³-hybridized carbons (Fsp3) is 0.409.